The van der Waals surface area contributed by atoms with Crippen molar-refractivity contribution in [1.29, 1.82) is 0 Å². The van der Waals surface area contributed by atoms with Gasteiger partial charge in [-0.15, -0.1) is 0 Å². The second-order valence-corrected chi connectivity index (χ2v) is 6.85. The molecule has 0 N–H and O–H groups in total. The Morgan fingerprint density at radius 3 is 2.94 bits per heavy atom. The summed E-state index contributed by atoms with van der Waals surface area (Å²) in [4.78, 5) is 12.1. The highest BCUT2D eigenvalue weighted by Gasteiger charge is 2.75. The average molecular weight is 232 g/mol. The van der Waals surface area contributed by atoms with Crippen LogP contribution >= 0.6 is 0 Å². The molecule has 0 saturated heterocycles. The van der Waals surface area contributed by atoms with E-state index in [4.69, 9.17) is 4.74 Å². The second-order valence-electron chi connectivity index (χ2n) is 6.85. The fraction of sp³-hybridized carbons (Fsp3) is 0.800. The summed E-state index contributed by atoms with van der Waals surface area (Å²) in [6.07, 6.45) is 9.74. The van der Waals surface area contributed by atoms with E-state index in [1.165, 1.54) is 26.4 Å². The maximum Gasteiger partial charge on any atom is 0.311 e. The van der Waals surface area contributed by atoms with Crippen LogP contribution in [0.4, 0.5) is 0 Å². The number of fused-ring (bicyclic) bond motifs is 3. The number of hydrogen-bond acceptors (Lipinski definition) is 2. The third-order valence-electron chi connectivity index (χ3n) is 6.48. The fourth-order valence-corrected chi connectivity index (χ4v) is 5.71. The molecule has 6 unspecified atom stereocenters. The SMILES string of the molecule is COC(=O)C1(C)CC2CC1C1CC=CC3CC321. The lowest BCUT2D eigenvalue weighted by molar-refractivity contribution is -0.157. The monoisotopic (exact) mass is 232 g/mol. The van der Waals surface area contributed by atoms with Gasteiger partial charge in [-0.3, -0.25) is 4.79 Å². The third-order valence-corrected chi connectivity index (χ3v) is 6.48. The number of carbonyl (C=O) groups excluding carboxylic acids is 1. The van der Waals surface area contributed by atoms with E-state index in [2.05, 4.69) is 19.1 Å². The van der Waals surface area contributed by atoms with Gasteiger partial charge in [0.25, 0.3) is 0 Å². The first-order chi connectivity index (χ1) is 8.13. The topological polar surface area (TPSA) is 26.3 Å². The quantitative estimate of drug-likeness (QED) is 0.513. The lowest BCUT2D eigenvalue weighted by atomic mass is 9.61. The van der Waals surface area contributed by atoms with Crippen molar-refractivity contribution in [1.82, 2.24) is 0 Å². The first-order valence-corrected chi connectivity index (χ1v) is 6.88. The largest absolute Gasteiger partial charge is 0.469 e. The zero-order chi connectivity index (χ0) is 11.8. The standard InChI is InChI=1S/C15H20O2/c1-14(13(16)17-2)7-10-6-12(14)11-5-3-4-9-8-15(9,10)11/h3-4,9-12H,5-8H2,1-2H3. The first-order valence-electron chi connectivity index (χ1n) is 6.88. The summed E-state index contributed by atoms with van der Waals surface area (Å²) in [5.74, 6) is 3.01. The summed E-state index contributed by atoms with van der Waals surface area (Å²) < 4.78 is 5.06. The minimum absolute atomic E-state index is 0.0339. The van der Waals surface area contributed by atoms with Crippen molar-refractivity contribution in [3.63, 3.8) is 0 Å². The zero-order valence-electron chi connectivity index (χ0n) is 10.6. The molecule has 3 fully saturated rings. The predicted octanol–water partition coefficient (Wildman–Crippen LogP) is 2.79. The Kier molecular flexibility index (Phi) is 1.66. The molecule has 0 heterocycles. The van der Waals surface area contributed by atoms with Crippen molar-refractivity contribution in [3.8, 4) is 0 Å². The summed E-state index contributed by atoms with van der Waals surface area (Å²) in [6.45, 7) is 2.14. The Labute approximate surface area is 102 Å². The van der Waals surface area contributed by atoms with Crippen LogP contribution in [0.25, 0.3) is 0 Å². The van der Waals surface area contributed by atoms with Crippen LogP contribution in [-0.2, 0) is 9.53 Å². The number of rotatable bonds is 1. The van der Waals surface area contributed by atoms with E-state index in [-0.39, 0.29) is 11.4 Å². The molecule has 0 aliphatic heterocycles. The molecular weight excluding hydrogens is 212 g/mol. The molecule has 1 spiro atoms. The molecule has 4 aliphatic rings. The van der Waals surface area contributed by atoms with E-state index in [1.54, 1.807) is 0 Å². The predicted molar refractivity (Wildman–Crippen MR) is 64.1 cm³/mol. The molecule has 92 valence electrons. The zero-order valence-corrected chi connectivity index (χ0v) is 10.6. The Balaban J connectivity index is 1.72. The molecule has 0 aromatic heterocycles. The second kappa shape index (κ2) is 2.78. The number of ether oxygens (including phenoxy) is 1. The normalized spacial score (nSPS) is 57.5. The van der Waals surface area contributed by atoms with Gasteiger partial charge in [-0.1, -0.05) is 12.2 Å². The van der Waals surface area contributed by atoms with E-state index in [0.29, 0.717) is 11.3 Å². The van der Waals surface area contributed by atoms with Gasteiger partial charge in [0.1, 0.15) is 0 Å². The van der Waals surface area contributed by atoms with Crippen molar-refractivity contribution < 1.29 is 9.53 Å². The van der Waals surface area contributed by atoms with E-state index in [9.17, 15) is 4.79 Å². The molecule has 0 aromatic carbocycles. The summed E-state index contributed by atoms with van der Waals surface area (Å²) in [5.41, 5.74) is 0.431. The maximum absolute atomic E-state index is 12.1. The van der Waals surface area contributed by atoms with Crippen molar-refractivity contribution in [2.45, 2.75) is 32.6 Å². The molecule has 4 rings (SSSR count). The molecule has 4 aliphatic carbocycles. The van der Waals surface area contributed by atoms with Gasteiger partial charge in [0.15, 0.2) is 0 Å². The van der Waals surface area contributed by atoms with Gasteiger partial charge in [0.2, 0.25) is 0 Å². The average Bonchev–Trinajstić information content (AvgIpc) is 2.88. The van der Waals surface area contributed by atoms with Crippen LogP contribution in [0.2, 0.25) is 0 Å². The van der Waals surface area contributed by atoms with Gasteiger partial charge in [-0.2, -0.15) is 0 Å². The molecule has 17 heavy (non-hydrogen) atoms. The molecule has 3 saturated carbocycles. The molecule has 0 amide bonds. The summed E-state index contributed by atoms with van der Waals surface area (Å²) in [5, 5.41) is 0. The van der Waals surface area contributed by atoms with Gasteiger partial charge < -0.3 is 4.74 Å². The molecule has 6 atom stereocenters. The fourth-order valence-electron chi connectivity index (χ4n) is 5.71. The number of methoxy groups -OCH3 is 1. The molecule has 2 nitrogen and oxygen atoms in total. The summed E-state index contributed by atoms with van der Waals surface area (Å²) in [6, 6.07) is 0. The Morgan fingerprint density at radius 2 is 2.18 bits per heavy atom. The Morgan fingerprint density at radius 1 is 1.35 bits per heavy atom. The maximum atomic E-state index is 12.1. The lowest BCUT2D eigenvalue weighted by Crippen LogP contribution is -2.43. The van der Waals surface area contributed by atoms with Gasteiger partial charge in [-0.25, -0.2) is 0 Å². The highest BCUT2D eigenvalue weighted by Crippen LogP contribution is 2.80. The van der Waals surface area contributed by atoms with Gasteiger partial charge in [-0.05, 0) is 61.7 Å². The van der Waals surface area contributed by atoms with Crippen LogP contribution < -0.4 is 0 Å². The van der Waals surface area contributed by atoms with Crippen LogP contribution in [0.5, 0.6) is 0 Å². The van der Waals surface area contributed by atoms with Gasteiger partial charge >= 0.3 is 5.97 Å². The highest BCUT2D eigenvalue weighted by atomic mass is 16.5. The van der Waals surface area contributed by atoms with Crippen molar-refractivity contribution >= 4 is 5.97 Å². The minimum Gasteiger partial charge on any atom is -0.469 e. The van der Waals surface area contributed by atoms with Crippen LogP contribution in [0, 0.1) is 34.5 Å². The van der Waals surface area contributed by atoms with Gasteiger partial charge in [0, 0.05) is 0 Å². The van der Waals surface area contributed by atoms with E-state index < -0.39 is 0 Å². The third kappa shape index (κ3) is 0.937. The molecule has 0 radical (unpaired) electrons. The number of hydrogen-bond donors (Lipinski definition) is 0. The van der Waals surface area contributed by atoms with Crippen molar-refractivity contribution in [3.05, 3.63) is 12.2 Å². The van der Waals surface area contributed by atoms with Crippen molar-refractivity contribution in [2.75, 3.05) is 7.11 Å². The van der Waals surface area contributed by atoms with E-state index >= 15 is 0 Å². The van der Waals surface area contributed by atoms with Crippen molar-refractivity contribution in [2.24, 2.45) is 34.5 Å². The molecule has 0 aromatic rings. The van der Waals surface area contributed by atoms with E-state index in [1.807, 2.05) is 0 Å². The first kappa shape index (κ1) is 10.2. The van der Waals surface area contributed by atoms with E-state index in [0.717, 1.165) is 24.2 Å². The molecule has 2 bridgehead atoms. The van der Waals surface area contributed by atoms with Crippen LogP contribution in [0.1, 0.15) is 32.6 Å². The molecular formula is C15H20O2. The smallest absolute Gasteiger partial charge is 0.311 e. The lowest BCUT2D eigenvalue weighted by Gasteiger charge is -2.42. The molecule has 2 heteroatoms. The highest BCUT2D eigenvalue weighted by molar-refractivity contribution is 5.77. The number of carbonyl (C=O) groups is 1. The van der Waals surface area contributed by atoms with Gasteiger partial charge in [0.05, 0.1) is 12.5 Å². The number of allylic oxidation sites excluding steroid dienone is 2. The minimum atomic E-state index is -0.187. The summed E-state index contributed by atoms with van der Waals surface area (Å²) >= 11 is 0. The Hall–Kier alpha value is -0.790. The van der Waals surface area contributed by atoms with Crippen LogP contribution in [0.3, 0.4) is 0 Å². The Bertz CT molecular complexity index is 427. The van der Waals surface area contributed by atoms with Crippen LogP contribution in [-0.4, -0.2) is 13.1 Å². The number of esters is 1. The van der Waals surface area contributed by atoms with Crippen LogP contribution in [0.15, 0.2) is 12.2 Å². The summed E-state index contributed by atoms with van der Waals surface area (Å²) in [7, 11) is 1.54.